The molecule has 1 aliphatic carbocycles. The average Bonchev–Trinajstić information content (AvgIpc) is 2.69. The van der Waals surface area contributed by atoms with E-state index in [0.717, 1.165) is 24.4 Å². The summed E-state index contributed by atoms with van der Waals surface area (Å²) >= 11 is 0. The van der Waals surface area contributed by atoms with E-state index in [1.807, 2.05) is 0 Å². The van der Waals surface area contributed by atoms with Crippen molar-refractivity contribution in [1.29, 1.82) is 0 Å². The lowest BCUT2D eigenvalue weighted by Gasteiger charge is -2.21. The van der Waals surface area contributed by atoms with Crippen LogP contribution < -0.4 is 5.32 Å². The highest BCUT2D eigenvalue weighted by Gasteiger charge is 2.30. The molecule has 1 N–H and O–H groups in total. The van der Waals surface area contributed by atoms with Crippen molar-refractivity contribution in [2.45, 2.75) is 52.6 Å². The Morgan fingerprint density at radius 3 is 2.47 bits per heavy atom. The van der Waals surface area contributed by atoms with Gasteiger partial charge in [-0.3, -0.25) is 0 Å². The molecule has 1 aromatic rings. The fourth-order valence-electron chi connectivity index (χ4n) is 3.07. The fraction of sp³-hybridized carbons (Fsp3) is 0.625. The van der Waals surface area contributed by atoms with Crippen molar-refractivity contribution in [3.05, 3.63) is 35.4 Å². The minimum Gasteiger partial charge on any atom is -0.310 e. The van der Waals surface area contributed by atoms with Crippen LogP contribution in [0.2, 0.25) is 0 Å². The molecule has 1 aromatic carbocycles. The number of rotatable bonds is 4. The normalized spacial score (nSPS) is 28.5. The second-order valence-electron chi connectivity index (χ2n) is 5.58. The molecule has 0 bridgehead atoms. The van der Waals surface area contributed by atoms with Crippen LogP contribution in [0.15, 0.2) is 24.3 Å². The van der Waals surface area contributed by atoms with E-state index < -0.39 is 0 Å². The van der Waals surface area contributed by atoms with Crippen molar-refractivity contribution in [1.82, 2.24) is 5.32 Å². The maximum Gasteiger partial charge on any atom is 0.0208 e. The van der Waals surface area contributed by atoms with Crippen LogP contribution >= 0.6 is 0 Å². The smallest absolute Gasteiger partial charge is 0.0208 e. The van der Waals surface area contributed by atoms with Gasteiger partial charge in [-0.05, 0) is 37.2 Å². The molecule has 0 aromatic heterocycles. The topological polar surface area (TPSA) is 12.0 Å². The summed E-state index contributed by atoms with van der Waals surface area (Å²) in [4.78, 5) is 0. The van der Waals surface area contributed by atoms with Crippen molar-refractivity contribution in [3.63, 3.8) is 0 Å². The first kappa shape index (κ1) is 12.6. The molecular weight excluding hydrogens is 206 g/mol. The van der Waals surface area contributed by atoms with E-state index in [2.05, 4.69) is 50.4 Å². The Bertz CT molecular complexity index is 341. The number of hydrogen-bond acceptors (Lipinski definition) is 1. The molecule has 2 rings (SSSR count). The summed E-state index contributed by atoms with van der Waals surface area (Å²) in [6.07, 6.45) is 4.10. The van der Waals surface area contributed by atoms with E-state index in [1.54, 1.807) is 0 Å². The molecule has 94 valence electrons. The van der Waals surface area contributed by atoms with Gasteiger partial charge in [0.05, 0.1) is 0 Å². The first-order chi connectivity index (χ1) is 8.20. The van der Waals surface area contributed by atoms with Gasteiger partial charge in [0.15, 0.2) is 0 Å². The van der Waals surface area contributed by atoms with E-state index in [9.17, 15) is 0 Å². The van der Waals surface area contributed by atoms with Gasteiger partial charge in [-0.1, -0.05) is 50.1 Å². The van der Waals surface area contributed by atoms with Gasteiger partial charge in [0.1, 0.15) is 0 Å². The predicted octanol–water partition coefficient (Wildman–Crippen LogP) is 3.91. The fourth-order valence-corrected chi connectivity index (χ4v) is 3.07. The minimum absolute atomic E-state index is 0.723. The number of nitrogens with one attached hydrogen (secondary N) is 1. The molecule has 1 aliphatic rings. The maximum absolute atomic E-state index is 3.73. The van der Waals surface area contributed by atoms with Gasteiger partial charge < -0.3 is 5.32 Å². The van der Waals surface area contributed by atoms with Crippen molar-refractivity contribution >= 4 is 0 Å². The molecule has 0 aliphatic heterocycles. The summed E-state index contributed by atoms with van der Waals surface area (Å²) in [6.45, 7) is 7.89. The standard InChI is InChI=1S/C16H25N/c1-4-15-9-10-16(13(15)3)17-11-14-7-5-12(2)6-8-14/h5-8,13,15-17H,4,9-11H2,1-3H3. The lowest BCUT2D eigenvalue weighted by Crippen LogP contribution is -2.32. The van der Waals surface area contributed by atoms with E-state index in [1.165, 1.54) is 30.4 Å². The average molecular weight is 231 g/mol. The molecule has 1 saturated carbocycles. The van der Waals surface area contributed by atoms with Gasteiger partial charge in [-0.15, -0.1) is 0 Å². The van der Waals surface area contributed by atoms with Crippen LogP contribution in [0.3, 0.4) is 0 Å². The summed E-state index contributed by atoms with van der Waals surface area (Å²) in [5.74, 6) is 1.77. The largest absolute Gasteiger partial charge is 0.310 e. The monoisotopic (exact) mass is 231 g/mol. The zero-order valence-electron chi connectivity index (χ0n) is 11.4. The molecule has 1 fully saturated rings. The van der Waals surface area contributed by atoms with Gasteiger partial charge >= 0.3 is 0 Å². The van der Waals surface area contributed by atoms with Crippen LogP contribution in [0.4, 0.5) is 0 Å². The molecule has 0 amide bonds. The summed E-state index contributed by atoms with van der Waals surface area (Å²) < 4.78 is 0. The molecule has 3 atom stereocenters. The third kappa shape index (κ3) is 3.10. The van der Waals surface area contributed by atoms with Gasteiger partial charge in [0, 0.05) is 12.6 Å². The van der Waals surface area contributed by atoms with Crippen LogP contribution in [0.25, 0.3) is 0 Å². The van der Waals surface area contributed by atoms with Gasteiger partial charge in [-0.2, -0.15) is 0 Å². The first-order valence-electron chi connectivity index (χ1n) is 6.99. The van der Waals surface area contributed by atoms with E-state index >= 15 is 0 Å². The van der Waals surface area contributed by atoms with E-state index in [4.69, 9.17) is 0 Å². The molecule has 0 heterocycles. The van der Waals surface area contributed by atoms with Crippen LogP contribution in [0, 0.1) is 18.8 Å². The molecule has 1 nitrogen and oxygen atoms in total. The maximum atomic E-state index is 3.73. The molecule has 0 radical (unpaired) electrons. The zero-order chi connectivity index (χ0) is 12.3. The Balaban J connectivity index is 1.84. The molecule has 0 spiro atoms. The van der Waals surface area contributed by atoms with Crippen molar-refractivity contribution in [3.8, 4) is 0 Å². The van der Waals surface area contributed by atoms with Gasteiger partial charge in [0.25, 0.3) is 0 Å². The Labute approximate surface area is 106 Å². The Hall–Kier alpha value is -0.820. The minimum atomic E-state index is 0.723. The highest BCUT2D eigenvalue weighted by atomic mass is 14.9. The third-order valence-corrected chi connectivity index (χ3v) is 4.44. The van der Waals surface area contributed by atoms with Crippen molar-refractivity contribution < 1.29 is 0 Å². The molecule has 17 heavy (non-hydrogen) atoms. The summed E-state index contributed by atoms with van der Waals surface area (Å²) in [6, 6.07) is 9.59. The lowest BCUT2D eigenvalue weighted by molar-refractivity contribution is 0.344. The number of benzene rings is 1. The van der Waals surface area contributed by atoms with Crippen molar-refractivity contribution in [2.24, 2.45) is 11.8 Å². The SMILES string of the molecule is CCC1CCC(NCc2ccc(C)cc2)C1C. The third-order valence-electron chi connectivity index (χ3n) is 4.44. The van der Waals surface area contributed by atoms with E-state index in [-0.39, 0.29) is 0 Å². The molecular formula is C16H25N. The highest BCUT2D eigenvalue weighted by molar-refractivity contribution is 5.21. The van der Waals surface area contributed by atoms with Crippen LogP contribution in [0.1, 0.15) is 44.2 Å². The van der Waals surface area contributed by atoms with Gasteiger partial charge in [0.2, 0.25) is 0 Å². The van der Waals surface area contributed by atoms with Gasteiger partial charge in [-0.25, -0.2) is 0 Å². The second kappa shape index (κ2) is 5.68. The second-order valence-corrected chi connectivity index (χ2v) is 5.58. The molecule has 1 heteroatoms. The first-order valence-corrected chi connectivity index (χ1v) is 6.99. The van der Waals surface area contributed by atoms with Crippen LogP contribution in [-0.2, 0) is 6.54 Å². The molecule has 3 unspecified atom stereocenters. The van der Waals surface area contributed by atoms with Crippen molar-refractivity contribution in [2.75, 3.05) is 0 Å². The van der Waals surface area contributed by atoms with Crippen LogP contribution in [0.5, 0.6) is 0 Å². The predicted molar refractivity (Wildman–Crippen MR) is 74.0 cm³/mol. The number of hydrogen-bond donors (Lipinski definition) is 1. The Morgan fingerprint density at radius 1 is 1.18 bits per heavy atom. The van der Waals surface area contributed by atoms with E-state index in [0.29, 0.717) is 0 Å². The summed E-state index contributed by atoms with van der Waals surface area (Å²) in [7, 11) is 0. The lowest BCUT2D eigenvalue weighted by atomic mass is 9.93. The van der Waals surface area contributed by atoms with Crippen LogP contribution in [-0.4, -0.2) is 6.04 Å². The quantitative estimate of drug-likeness (QED) is 0.828. The Kier molecular flexibility index (Phi) is 4.22. The summed E-state index contributed by atoms with van der Waals surface area (Å²) in [5, 5.41) is 3.73. The highest BCUT2D eigenvalue weighted by Crippen LogP contribution is 2.33. The zero-order valence-corrected chi connectivity index (χ0v) is 11.4. The summed E-state index contributed by atoms with van der Waals surface area (Å²) in [5.41, 5.74) is 2.75. The Morgan fingerprint density at radius 2 is 1.88 bits per heavy atom. The number of aryl methyl sites for hydroxylation is 1. The molecule has 0 saturated heterocycles.